The van der Waals surface area contributed by atoms with Gasteiger partial charge in [-0.3, -0.25) is 9.59 Å². The quantitative estimate of drug-likeness (QED) is 0.475. The molecule has 2 aromatic carbocycles. The minimum absolute atomic E-state index is 0.0533. The predicted molar refractivity (Wildman–Crippen MR) is 132 cm³/mol. The number of benzene rings is 2. The van der Waals surface area contributed by atoms with Crippen LogP contribution in [-0.4, -0.2) is 33.1 Å². The number of rotatable bonds is 5. The lowest BCUT2D eigenvalue weighted by Gasteiger charge is -2.41. The molecule has 0 radical (unpaired) electrons. The summed E-state index contributed by atoms with van der Waals surface area (Å²) in [5, 5.41) is 9.53. The molecular weight excluding hydrogens is 473 g/mol. The number of carbonyl (C=O) groups excluding carboxylic acids is 2. The first-order chi connectivity index (χ1) is 16.7. The van der Waals surface area contributed by atoms with E-state index in [1.165, 1.54) is 30.3 Å². The number of anilines is 1. The van der Waals surface area contributed by atoms with Crippen molar-refractivity contribution in [3.05, 3.63) is 80.5 Å². The first-order valence-corrected chi connectivity index (χ1v) is 11.7. The highest BCUT2D eigenvalue weighted by molar-refractivity contribution is 6.33. The molecule has 0 aliphatic carbocycles. The number of primary amides is 1. The molecule has 0 unspecified atom stereocenters. The summed E-state index contributed by atoms with van der Waals surface area (Å²) in [5.41, 5.74) is 7.72. The largest absolute Gasteiger partial charge is 0.366 e. The third-order valence-corrected chi connectivity index (χ3v) is 6.61. The van der Waals surface area contributed by atoms with Crippen molar-refractivity contribution in [3.8, 4) is 11.1 Å². The molecule has 0 saturated heterocycles. The lowest BCUT2D eigenvalue weighted by molar-refractivity contribution is 0.1000. The summed E-state index contributed by atoms with van der Waals surface area (Å²) >= 11 is 6.43. The number of urea groups is 1. The van der Waals surface area contributed by atoms with Gasteiger partial charge in [0.1, 0.15) is 5.82 Å². The van der Waals surface area contributed by atoms with Gasteiger partial charge in [0.15, 0.2) is 0 Å². The van der Waals surface area contributed by atoms with Gasteiger partial charge in [0.2, 0.25) is 5.91 Å². The van der Waals surface area contributed by atoms with Crippen molar-refractivity contribution in [1.29, 1.82) is 0 Å². The Balaban J connectivity index is 1.62. The van der Waals surface area contributed by atoms with E-state index in [0.29, 0.717) is 41.6 Å². The Hall–Kier alpha value is -3.72. The van der Waals surface area contributed by atoms with Gasteiger partial charge in [-0.05, 0) is 54.7 Å². The van der Waals surface area contributed by atoms with Crippen LogP contribution in [0, 0.1) is 5.82 Å². The van der Waals surface area contributed by atoms with Crippen LogP contribution in [0.1, 0.15) is 54.3 Å². The summed E-state index contributed by atoms with van der Waals surface area (Å²) in [6.07, 6.45) is 1.70. The fourth-order valence-electron chi connectivity index (χ4n) is 4.54. The zero-order chi connectivity index (χ0) is 25.3. The molecular formula is C25H25ClFN5O3. The fourth-order valence-corrected chi connectivity index (χ4v) is 4.81. The number of fused-ring (bicyclic) bond motifs is 1. The van der Waals surface area contributed by atoms with Crippen LogP contribution in [0.25, 0.3) is 11.1 Å². The number of amides is 3. The maximum atomic E-state index is 15.1. The average Bonchev–Trinajstić information content (AvgIpc) is 2.84. The van der Waals surface area contributed by atoms with Gasteiger partial charge >= 0.3 is 6.03 Å². The third kappa shape index (κ3) is 4.77. The van der Waals surface area contributed by atoms with Gasteiger partial charge in [0, 0.05) is 23.2 Å². The molecule has 0 fully saturated rings. The number of hydrogen-bond donors (Lipinski definition) is 3. The number of hydrogen-bond acceptors (Lipinski definition) is 4. The Morgan fingerprint density at radius 2 is 1.91 bits per heavy atom. The highest BCUT2D eigenvalue weighted by Gasteiger charge is 2.37. The number of H-pyrrole nitrogens is 1. The van der Waals surface area contributed by atoms with Gasteiger partial charge in [0.05, 0.1) is 22.4 Å². The second-order valence-corrected chi connectivity index (χ2v) is 8.83. The third-order valence-electron chi connectivity index (χ3n) is 6.29. The van der Waals surface area contributed by atoms with Crippen LogP contribution < -0.4 is 16.6 Å². The second-order valence-electron chi connectivity index (χ2n) is 8.42. The molecule has 3 amide bonds. The topological polar surface area (TPSA) is 121 Å². The van der Waals surface area contributed by atoms with Gasteiger partial charge in [-0.25, -0.2) is 14.3 Å². The van der Waals surface area contributed by atoms with Crippen molar-refractivity contribution < 1.29 is 14.0 Å². The van der Waals surface area contributed by atoms with E-state index in [0.717, 1.165) is 5.56 Å². The molecule has 0 bridgehead atoms. The number of aromatic nitrogens is 2. The van der Waals surface area contributed by atoms with E-state index in [-0.39, 0.29) is 28.4 Å². The molecule has 182 valence electrons. The number of aromatic amines is 1. The highest BCUT2D eigenvalue weighted by atomic mass is 35.5. The molecule has 10 heteroatoms. The van der Waals surface area contributed by atoms with E-state index in [4.69, 9.17) is 17.3 Å². The van der Waals surface area contributed by atoms with Gasteiger partial charge < -0.3 is 16.0 Å². The lowest BCUT2D eigenvalue weighted by atomic mass is 9.90. The van der Waals surface area contributed by atoms with Crippen molar-refractivity contribution in [2.45, 2.75) is 45.2 Å². The summed E-state index contributed by atoms with van der Waals surface area (Å²) in [6.45, 7) is 3.88. The SMILES string of the molecule is CC[C@H]1Cc2cc(=O)[nH]nc2[C@@H](CC)N1C(=O)Nc1cc(Cl)c(-c2ccc(C(N)=O)cc2)cc1F. The Kier molecular flexibility index (Phi) is 6.88. The molecule has 1 aliphatic rings. The van der Waals surface area contributed by atoms with Gasteiger partial charge in [-0.1, -0.05) is 37.6 Å². The number of carbonyl (C=O) groups is 2. The predicted octanol–water partition coefficient (Wildman–Crippen LogP) is 4.65. The standard InChI is InChI=1S/C25H25ClFN5O3/c1-3-16-9-15-10-22(33)30-31-23(15)21(4-2)32(16)25(35)29-20-12-18(26)17(11-19(20)27)13-5-7-14(8-6-13)24(28)34/h5-8,10-12,16,21H,3-4,9H2,1-2H3,(H2,28,34)(H,29,35)(H,30,33)/t16-,21+/m0/s1. The van der Waals surface area contributed by atoms with E-state index in [1.54, 1.807) is 17.0 Å². The van der Waals surface area contributed by atoms with Gasteiger partial charge in [-0.15, -0.1) is 0 Å². The molecule has 1 aliphatic heterocycles. The molecule has 2 atom stereocenters. The van der Waals surface area contributed by atoms with Crippen LogP contribution in [0.15, 0.2) is 47.3 Å². The van der Waals surface area contributed by atoms with Crippen LogP contribution >= 0.6 is 11.6 Å². The second kappa shape index (κ2) is 9.87. The smallest absolute Gasteiger partial charge is 0.322 e. The molecule has 3 aromatic rings. The minimum atomic E-state index is -0.655. The average molecular weight is 498 g/mol. The molecule has 35 heavy (non-hydrogen) atoms. The Labute approximate surface area is 206 Å². The summed E-state index contributed by atoms with van der Waals surface area (Å²) in [4.78, 5) is 38.1. The zero-order valence-corrected chi connectivity index (χ0v) is 20.0. The van der Waals surface area contributed by atoms with E-state index >= 15 is 4.39 Å². The molecule has 8 nitrogen and oxygen atoms in total. The highest BCUT2D eigenvalue weighted by Crippen LogP contribution is 2.36. The number of halogens is 2. The van der Waals surface area contributed by atoms with Crippen molar-refractivity contribution in [2.75, 3.05) is 5.32 Å². The number of nitrogens with zero attached hydrogens (tertiary/aromatic N) is 2. The van der Waals surface area contributed by atoms with E-state index < -0.39 is 17.8 Å². The van der Waals surface area contributed by atoms with E-state index in [9.17, 15) is 14.4 Å². The maximum absolute atomic E-state index is 15.1. The zero-order valence-electron chi connectivity index (χ0n) is 19.3. The molecule has 0 saturated carbocycles. The minimum Gasteiger partial charge on any atom is -0.366 e. The first-order valence-electron chi connectivity index (χ1n) is 11.3. The summed E-state index contributed by atoms with van der Waals surface area (Å²) < 4.78 is 15.1. The Morgan fingerprint density at radius 3 is 2.54 bits per heavy atom. The van der Waals surface area contributed by atoms with Crippen LogP contribution in [-0.2, 0) is 6.42 Å². The Morgan fingerprint density at radius 1 is 1.20 bits per heavy atom. The first kappa shape index (κ1) is 24.4. The molecule has 0 spiro atoms. The number of nitrogens with one attached hydrogen (secondary N) is 2. The fraction of sp³-hybridized carbons (Fsp3) is 0.280. The van der Waals surface area contributed by atoms with Gasteiger partial charge in [0.25, 0.3) is 5.56 Å². The molecule has 4 N–H and O–H groups in total. The molecule has 1 aromatic heterocycles. The van der Waals surface area contributed by atoms with Gasteiger partial charge in [-0.2, -0.15) is 5.10 Å². The van der Waals surface area contributed by atoms with Crippen molar-refractivity contribution >= 4 is 29.2 Å². The molecule has 2 heterocycles. The van der Waals surface area contributed by atoms with Crippen LogP contribution in [0.3, 0.4) is 0 Å². The monoisotopic (exact) mass is 497 g/mol. The number of nitrogens with two attached hydrogens (primary N) is 1. The Bertz CT molecular complexity index is 1340. The van der Waals surface area contributed by atoms with E-state index in [2.05, 4.69) is 15.5 Å². The van der Waals surface area contributed by atoms with Crippen LogP contribution in [0.2, 0.25) is 5.02 Å². The normalized spacial score (nSPS) is 17.1. The van der Waals surface area contributed by atoms with Crippen molar-refractivity contribution in [1.82, 2.24) is 15.1 Å². The lowest BCUT2D eigenvalue weighted by Crippen LogP contribution is -2.49. The van der Waals surface area contributed by atoms with Crippen LogP contribution in [0.5, 0.6) is 0 Å². The molecule has 4 rings (SSSR count). The summed E-state index contributed by atoms with van der Waals surface area (Å²) in [5.74, 6) is -1.22. The van der Waals surface area contributed by atoms with E-state index in [1.807, 2.05) is 13.8 Å². The maximum Gasteiger partial charge on any atom is 0.322 e. The van der Waals surface area contributed by atoms with Crippen molar-refractivity contribution in [3.63, 3.8) is 0 Å². The van der Waals surface area contributed by atoms with Crippen molar-refractivity contribution in [2.24, 2.45) is 5.73 Å². The van der Waals surface area contributed by atoms with Crippen LogP contribution in [0.4, 0.5) is 14.9 Å². The summed E-state index contributed by atoms with van der Waals surface area (Å²) in [7, 11) is 0. The summed E-state index contributed by atoms with van der Waals surface area (Å²) in [6, 6.07) is 9.41.